The zero-order valence-electron chi connectivity index (χ0n) is 10.2. The number of fused-ring (bicyclic) bond motifs is 1. The zero-order valence-corrected chi connectivity index (χ0v) is 10.2. The fourth-order valence-electron chi connectivity index (χ4n) is 2.13. The summed E-state index contributed by atoms with van der Waals surface area (Å²) in [7, 11) is 0. The summed E-state index contributed by atoms with van der Waals surface area (Å²) in [6, 6.07) is 6.76. The van der Waals surface area contributed by atoms with Gasteiger partial charge in [0.05, 0.1) is 6.61 Å². The highest BCUT2D eigenvalue weighted by atomic mass is 16.3. The Kier molecular flexibility index (Phi) is 3.31. The normalized spacial score (nSPS) is 15.2. The molecule has 0 radical (unpaired) electrons. The molecule has 0 unspecified atom stereocenters. The third-order valence-electron chi connectivity index (χ3n) is 3.33. The number of benzene rings is 1. The van der Waals surface area contributed by atoms with Crippen LogP contribution in [0, 0.1) is 0 Å². The van der Waals surface area contributed by atoms with E-state index in [1.807, 2.05) is 13.8 Å². The monoisotopic (exact) mass is 219 g/mol. The SMILES string of the molecule is CC(C)(CO)NCc1ccc2c(c1)CCC2. The highest BCUT2D eigenvalue weighted by Crippen LogP contribution is 2.22. The molecule has 1 aromatic carbocycles. The maximum absolute atomic E-state index is 9.16. The van der Waals surface area contributed by atoms with E-state index in [2.05, 4.69) is 23.5 Å². The summed E-state index contributed by atoms with van der Waals surface area (Å²) in [5.74, 6) is 0. The van der Waals surface area contributed by atoms with E-state index < -0.39 is 0 Å². The van der Waals surface area contributed by atoms with Crippen LogP contribution in [0.15, 0.2) is 18.2 Å². The van der Waals surface area contributed by atoms with Crippen molar-refractivity contribution in [2.24, 2.45) is 0 Å². The van der Waals surface area contributed by atoms with Crippen molar-refractivity contribution in [2.75, 3.05) is 6.61 Å². The molecular formula is C14H21NO. The van der Waals surface area contributed by atoms with E-state index in [9.17, 15) is 0 Å². The van der Waals surface area contributed by atoms with Crippen LogP contribution in [0.1, 0.15) is 37.0 Å². The van der Waals surface area contributed by atoms with Gasteiger partial charge in [-0.3, -0.25) is 0 Å². The van der Waals surface area contributed by atoms with Gasteiger partial charge in [-0.05, 0) is 49.8 Å². The molecule has 2 N–H and O–H groups in total. The second-order valence-corrected chi connectivity index (χ2v) is 5.35. The number of hydrogen-bond acceptors (Lipinski definition) is 2. The number of aryl methyl sites for hydroxylation is 2. The highest BCUT2D eigenvalue weighted by Gasteiger charge is 2.16. The molecule has 1 aliphatic carbocycles. The fraction of sp³-hybridized carbons (Fsp3) is 0.571. The molecule has 0 atom stereocenters. The van der Waals surface area contributed by atoms with Crippen LogP contribution in [-0.2, 0) is 19.4 Å². The van der Waals surface area contributed by atoms with Crippen molar-refractivity contribution < 1.29 is 5.11 Å². The third kappa shape index (κ3) is 2.63. The Bertz CT molecular complexity index is 371. The van der Waals surface area contributed by atoms with Crippen molar-refractivity contribution in [2.45, 2.75) is 45.2 Å². The second kappa shape index (κ2) is 4.56. The Morgan fingerprint density at radius 3 is 2.75 bits per heavy atom. The first kappa shape index (κ1) is 11.6. The van der Waals surface area contributed by atoms with Crippen molar-refractivity contribution in [3.05, 3.63) is 34.9 Å². The molecule has 2 nitrogen and oxygen atoms in total. The Morgan fingerprint density at radius 1 is 1.25 bits per heavy atom. The van der Waals surface area contributed by atoms with E-state index in [0.29, 0.717) is 0 Å². The summed E-state index contributed by atoms with van der Waals surface area (Å²) in [5, 5.41) is 12.5. The van der Waals surface area contributed by atoms with Crippen LogP contribution in [0.25, 0.3) is 0 Å². The topological polar surface area (TPSA) is 32.3 Å². The van der Waals surface area contributed by atoms with Crippen LogP contribution < -0.4 is 5.32 Å². The first-order chi connectivity index (χ1) is 7.61. The van der Waals surface area contributed by atoms with E-state index in [1.165, 1.54) is 36.0 Å². The van der Waals surface area contributed by atoms with Crippen molar-refractivity contribution in [3.8, 4) is 0 Å². The van der Waals surface area contributed by atoms with Gasteiger partial charge in [0.2, 0.25) is 0 Å². The van der Waals surface area contributed by atoms with E-state index in [-0.39, 0.29) is 12.1 Å². The number of aliphatic hydroxyl groups is 1. The van der Waals surface area contributed by atoms with Crippen molar-refractivity contribution in [3.63, 3.8) is 0 Å². The lowest BCUT2D eigenvalue weighted by molar-refractivity contribution is 0.187. The van der Waals surface area contributed by atoms with Crippen molar-refractivity contribution in [1.29, 1.82) is 0 Å². The van der Waals surface area contributed by atoms with Gasteiger partial charge in [0.25, 0.3) is 0 Å². The molecule has 0 amide bonds. The average Bonchev–Trinajstić information content (AvgIpc) is 2.73. The molecule has 88 valence electrons. The van der Waals surface area contributed by atoms with Crippen LogP contribution in [-0.4, -0.2) is 17.3 Å². The van der Waals surface area contributed by atoms with Crippen LogP contribution in [0.3, 0.4) is 0 Å². The van der Waals surface area contributed by atoms with Gasteiger partial charge in [-0.2, -0.15) is 0 Å². The number of hydrogen-bond donors (Lipinski definition) is 2. The van der Waals surface area contributed by atoms with Gasteiger partial charge in [0.1, 0.15) is 0 Å². The lowest BCUT2D eigenvalue weighted by atomic mass is 10.0. The van der Waals surface area contributed by atoms with Gasteiger partial charge < -0.3 is 10.4 Å². The molecule has 0 saturated carbocycles. The molecule has 0 saturated heterocycles. The molecule has 0 fully saturated rings. The third-order valence-corrected chi connectivity index (χ3v) is 3.33. The largest absolute Gasteiger partial charge is 0.394 e. The molecule has 1 aromatic rings. The molecule has 16 heavy (non-hydrogen) atoms. The maximum Gasteiger partial charge on any atom is 0.0607 e. The van der Waals surface area contributed by atoms with E-state index in [0.717, 1.165) is 6.54 Å². The minimum absolute atomic E-state index is 0.165. The minimum atomic E-state index is -0.195. The lowest BCUT2D eigenvalue weighted by Gasteiger charge is -2.23. The maximum atomic E-state index is 9.16. The predicted octanol–water partition coefficient (Wildman–Crippen LogP) is 2.04. The van der Waals surface area contributed by atoms with Crippen LogP contribution in [0.5, 0.6) is 0 Å². The second-order valence-electron chi connectivity index (χ2n) is 5.35. The summed E-state index contributed by atoms with van der Waals surface area (Å²) in [6.07, 6.45) is 3.77. The van der Waals surface area contributed by atoms with Crippen molar-refractivity contribution in [1.82, 2.24) is 5.32 Å². The number of nitrogens with one attached hydrogen (secondary N) is 1. The van der Waals surface area contributed by atoms with Crippen LogP contribution in [0.2, 0.25) is 0 Å². The molecular weight excluding hydrogens is 198 g/mol. The van der Waals surface area contributed by atoms with Crippen molar-refractivity contribution >= 4 is 0 Å². The summed E-state index contributed by atoms with van der Waals surface area (Å²) in [6.45, 7) is 5.03. The molecule has 1 aliphatic rings. The summed E-state index contributed by atoms with van der Waals surface area (Å²) >= 11 is 0. The fourth-order valence-corrected chi connectivity index (χ4v) is 2.13. The molecule has 0 spiro atoms. The van der Waals surface area contributed by atoms with Gasteiger partial charge in [0, 0.05) is 12.1 Å². The number of rotatable bonds is 4. The Balaban J connectivity index is 2.00. The van der Waals surface area contributed by atoms with Crippen LogP contribution >= 0.6 is 0 Å². The Labute approximate surface area is 97.7 Å². The first-order valence-electron chi connectivity index (χ1n) is 6.07. The lowest BCUT2D eigenvalue weighted by Crippen LogP contribution is -2.42. The first-order valence-corrected chi connectivity index (χ1v) is 6.07. The Morgan fingerprint density at radius 2 is 2.00 bits per heavy atom. The molecule has 2 rings (SSSR count). The van der Waals surface area contributed by atoms with E-state index in [4.69, 9.17) is 5.11 Å². The standard InChI is InChI=1S/C14H21NO/c1-14(2,10-16)15-9-11-6-7-12-4-3-5-13(12)8-11/h6-8,15-16H,3-5,9-10H2,1-2H3. The Hall–Kier alpha value is -0.860. The van der Waals surface area contributed by atoms with Gasteiger partial charge in [-0.1, -0.05) is 18.2 Å². The number of aliphatic hydroxyl groups excluding tert-OH is 1. The van der Waals surface area contributed by atoms with Gasteiger partial charge in [-0.25, -0.2) is 0 Å². The molecule has 0 aromatic heterocycles. The summed E-state index contributed by atoms with van der Waals surface area (Å²) in [5.41, 5.74) is 4.16. The molecule has 0 bridgehead atoms. The molecule has 0 heterocycles. The van der Waals surface area contributed by atoms with Gasteiger partial charge >= 0.3 is 0 Å². The summed E-state index contributed by atoms with van der Waals surface area (Å²) in [4.78, 5) is 0. The van der Waals surface area contributed by atoms with E-state index in [1.54, 1.807) is 0 Å². The summed E-state index contributed by atoms with van der Waals surface area (Å²) < 4.78 is 0. The highest BCUT2D eigenvalue weighted by molar-refractivity contribution is 5.35. The van der Waals surface area contributed by atoms with Gasteiger partial charge in [0.15, 0.2) is 0 Å². The molecule has 2 heteroatoms. The quantitative estimate of drug-likeness (QED) is 0.812. The average molecular weight is 219 g/mol. The van der Waals surface area contributed by atoms with E-state index >= 15 is 0 Å². The van der Waals surface area contributed by atoms with Crippen LogP contribution in [0.4, 0.5) is 0 Å². The molecule has 0 aliphatic heterocycles. The smallest absolute Gasteiger partial charge is 0.0607 e. The minimum Gasteiger partial charge on any atom is -0.394 e. The predicted molar refractivity (Wildman–Crippen MR) is 66.5 cm³/mol. The van der Waals surface area contributed by atoms with Gasteiger partial charge in [-0.15, -0.1) is 0 Å². The zero-order chi connectivity index (χ0) is 11.6.